The Bertz CT molecular complexity index is 1030. The van der Waals surface area contributed by atoms with Crippen LogP contribution in [0, 0.1) is 10.1 Å². The summed E-state index contributed by atoms with van der Waals surface area (Å²) in [6.07, 6.45) is 1.21. The number of piperazine rings is 1. The van der Waals surface area contributed by atoms with Gasteiger partial charge in [0.2, 0.25) is 10.0 Å². The molecule has 2 aromatic rings. The molecule has 1 N–H and O–H groups in total. The lowest BCUT2D eigenvalue weighted by Gasteiger charge is -2.34. The molecule has 0 spiro atoms. The fourth-order valence-corrected chi connectivity index (χ4v) is 4.12. The first-order chi connectivity index (χ1) is 13.6. The number of non-ortho nitro benzene ring substituents is 1. The van der Waals surface area contributed by atoms with Gasteiger partial charge in [0, 0.05) is 49.7 Å². The van der Waals surface area contributed by atoms with Crippen LogP contribution >= 0.6 is 11.6 Å². The molecule has 0 saturated carbocycles. The Labute approximate surface area is 173 Å². The molecule has 0 aliphatic carbocycles. The molecule has 1 saturated heterocycles. The Hall–Kier alpha value is -2.69. The van der Waals surface area contributed by atoms with Crippen LogP contribution in [-0.2, 0) is 10.0 Å². The predicted octanol–water partition coefficient (Wildman–Crippen LogP) is 2.58. The smallest absolute Gasteiger partial charge is 0.270 e. The first kappa shape index (κ1) is 21.0. The number of nitrogens with one attached hydrogen (secondary N) is 1. The Morgan fingerprint density at radius 2 is 1.72 bits per heavy atom. The number of carbonyl (C=O) groups excluding carboxylic acids is 1. The molecule has 0 unspecified atom stereocenters. The molecule has 9 nitrogen and oxygen atoms in total. The highest BCUT2D eigenvalue weighted by atomic mass is 35.5. The monoisotopic (exact) mass is 438 g/mol. The highest BCUT2D eigenvalue weighted by molar-refractivity contribution is 7.88. The Balaban J connectivity index is 1.64. The van der Waals surface area contributed by atoms with Crippen molar-refractivity contribution in [3.8, 4) is 0 Å². The van der Waals surface area contributed by atoms with Crippen molar-refractivity contribution in [1.29, 1.82) is 0 Å². The van der Waals surface area contributed by atoms with Gasteiger partial charge in [-0.2, -0.15) is 4.31 Å². The van der Waals surface area contributed by atoms with E-state index >= 15 is 0 Å². The number of nitro benzene ring substituents is 1. The topological polar surface area (TPSA) is 113 Å². The van der Waals surface area contributed by atoms with Gasteiger partial charge in [0.05, 0.1) is 21.8 Å². The molecule has 1 aliphatic heterocycles. The van der Waals surface area contributed by atoms with E-state index in [1.54, 1.807) is 12.1 Å². The molecule has 3 rings (SSSR count). The van der Waals surface area contributed by atoms with Crippen LogP contribution < -0.4 is 10.2 Å². The van der Waals surface area contributed by atoms with E-state index in [1.165, 1.54) is 22.7 Å². The van der Waals surface area contributed by atoms with Crippen molar-refractivity contribution in [2.75, 3.05) is 42.7 Å². The number of hydrogen-bond donors (Lipinski definition) is 1. The molecule has 1 aliphatic rings. The number of anilines is 2. The summed E-state index contributed by atoms with van der Waals surface area (Å²) in [6.45, 7) is 2.01. The second-order valence-electron chi connectivity index (χ2n) is 6.57. The van der Waals surface area contributed by atoms with Gasteiger partial charge in [-0.05, 0) is 30.3 Å². The molecule has 1 heterocycles. The first-order valence-corrected chi connectivity index (χ1v) is 10.9. The van der Waals surface area contributed by atoms with Gasteiger partial charge >= 0.3 is 0 Å². The quantitative estimate of drug-likeness (QED) is 0.567. The van der Waals surface area contributed by atoms with Gasteiger partial charge < -0.3 is 10.2 Å². The minimum Gasteiger partial charge on any atom is -0.369 e. The minimum absolute atomic E-state index is 0.00272. The van der Waals surface area contributed by atoms with Gasteiger partial charge in [0.25, 0.3) is 11.6 Å². The molecule has 11 heteroatoms. The molecule has 1 fully saturated rings. The van der Waals surface area contributed by atoms with Gasteiger partial charge in [-0.3, -0.25) is 14.9 Å². The molecule has 2 aromatic carbocycles. The number of amides is 1. The lowest BCUT2D eigenvalue weighted by molar-refractivity contribution is -0.384. The Kier molecular flexibility index (Phi) is 6.06. The summed E-state index contributed by atoms with van der Waals surface area (Å²) >= 11 is 5.99. The minimum atomic E-state index is -3.18. The van der Waals surface area contributed by atoms with Crippen molar-refractivity contribution in [2.24, 2.45) is 0 Å². The zero-order valence-corrected chi connectivity index (χ0v) is 17.1. The van der Waals surface area contributed by atoms with Crippen LogP contribution in [0.5, 0.6) is 0 Å². The molecule has 1 amide bonds. The van der Waals surface area contributed by atoms with Crippen molar-refractivity contribution < 1.29 is 18.1 Å². The zero-order valence-electron chi connectivity index (χ0n) is 15.5. The Morgan fingerprint density at radius 1 is 1.10 bits per heavy atom. The molecule has 154 valence electrons. The maximum absolute atomic E-state index is 12.4. The summed E-state index contributed by atoms with van der Waals surface area (Å²) in [7, 11) is -3.18. The average molecular weight is 439 g/mol. The number of rotatable bonds is 5. The lowest BCUT2D eigenvalue weighted by Crippen LogP contribution is -2.48. The SMILES string of the molecule is CS(=O)(=O)N1CCN(c2ccc(NC(=O)c3ccc([N+](=O)[O-])cc3Cl)cc2)CC1. The maximum Gasteiger partial charge on any atom is 0.270 e. The van der Waals surface area contributed by atoms with Crippen molar-refractivity contribution in [3.05, 3.63) is 63.2 Å². The third-order valence-corrected chi connectivity index (χ3v) is 6.22. The van der Waals surface area contributed by atoms with Crippen molar-refractivity contribution in [2.45, 2.75) is 0 Å². The lowest BCUT2D eigenvalue weighted by atomic mass is 10.2. The summed E-state index contributed by atoms with van der Waals surface area (Å²) in [5, 5.41) is 13.5. The average Bonchev–Trinajstić information content (AvgIpc) is 2.67. The van der Waals surface area contributed by atoms with E-state index in [2.05, 4.69) is 10.2 Å². The first-order valence-electron chi connectivity index (χ1n) is 8.70. The van der Waals surface area contributed by atoms with Crippen LogP contribution in [0.15, 0.2) is 42.5 Å². The van der Waals surface area contributed by atoms with E-state index in [0.717, 1.165) is 11.8 Å². The summed E-state index contributed by atoms with van der Waals surface area (Å²) in [4.78, 5) is 24.6. The maximum atomic E-state index is 12.4. The van der Waals surface area contributed by atoms with Crippen molar-refractivity contribution in [3.63, 3.8) is 0 Å². The van der Waals surface area contributed by atoms with Crippen molar-refractivity contribution >= 4 is 44.6 Å². The fraction of sp³-hybridized carbons (Fsp3) is 0.278. The molecule has 0 aromatic heterocycles. The third kappa shape index (κ3) is 5.03. The molecule has 29 heavy (non-hydrogen) atoms. The number of carbonyl (C=O) groups is 1. The number of nitrogens with zero attached hydrogens (tertiary/aromatic N) is 3. The number of nitro groups is 1. The van der Waals surface area contributed by atoms with Crippen LogP contribution in [0.2, 0.25) is 5.02 Å². The second-order valence-corrected chi connectivity index (χ2v) is 8.96. The zero-order chi connectivity index (χ0) is 21.2. The van der Waals surface area contributed by atoms with Crippen LogP contribution in [-0.4, -0.2) is 56.0 Å². The van der Waals surface area contributed by atoms with Crippen LogP contribution in [0.4, 0.5) is 17.1 Å². The van der Waals surface area contributed by atoms with E-state index in [4.69, 9.17) is 11.6 Å². The van der Waals surface area contributed by atoms with Crippen LogP contribution in [0.25, 0.3) is 0 Å². The second kappa shape index (κ2) is 8.36. The summed E-state index contributed by atoms with van der Waals surface area (Å²) in [5.74, 6) is -0.473. The van der Waals surface area contributed by atoms with Gasteiger partial charge in [0.15, 0.2) is 0 Å². The van der Waals surface area contributed by atoms with Gasteiger partial charge in [-0.15, -0.1) is 0 Å². The largest absolute Gasteiger partial charge is 0.369 e. The van der Waals surface area contributed by atoms with E-state index in [9.17, 15) is 23.3 Å². The number of benzene rings is 2. The fourth-order valence-electron chi connectivity index (χ4n) is 3.03. The highest BCUT2D eigenvalue weighted by Crippen LogP contribution is 2.24. The van der Waals surface area contributed by atoms with E-state index < -0.39 is 20.9 Å². The van der Waals surface area contributed by atoms with Crippen molar-refractivity contribution in [1.82, 2.24) is 4.31 Å². The predicted molar refractivity (Wildman–Crippen MR) is 111 cm³/mol. The van der Waals surface area contributed by atoms with Crippen LogP contribution in [0.1, 0.15) is 10.4 Å². The highest BCUT2D eigenvalue weighted by Gasteiger charge is 2.23. The summed E-state index contributed by atoms with van der Waals surface area (Å²) in [6, 6.07) is 10.8. The molecule has 0 radical (unpaired) electrons. The van der Waals surface area contributed by atoms with Gasteiger partial charge in [0.1, 0.15) is 0 Å². The Morgan fingerprint density at radius 3 is 2.24 bits per heavy atom. The van der Waals surface area contributed by atoms with Gasteiger partial charge in [-0.1, -0.05) is 11.6 Å². The summed E-state index contributed by atoms with van der Waals surface area (Å²) in [5.41, 5.74) is 1.41. The molecule has 0 bridgehead atoms. The number of sulfonamides is 1. The number of hydrogen-bond acceptors (Lipinski definition) is 6. The van der Waals surface area contributed by atoms with E-state index in [1.807, 2.05) is 12.1 Å². The molecular weight excluding hydrogens is 420 g/mol. The summed E-state index contributed by atoms with van der Waals surface area (Å²) < 4.78 is 24.6. The van der Waals surface area contributed by atoms with E-state index in [-0.39, 0.29) is 16.3 Å². The van der Waals surface area contributed by atoms with Gasteiger partial charge in [-0.25, -0.2) is 8.42 Å². The van der Waals surface area contributed by atoms with Crippen LogP contribution in [0.3, 0.4) is 0 Å². The standard InChI is InChI=1S/C18H19ClN4O5S/c1-29(27,28)22-10-8-21(9-11-22)14-4-2-13(3-5-14)20-18(24)16-7-6-15(23(25)26)12-17(16)19/h2-7,12H,8-11H2,1H3,(H,20,24). The number of halogens is 1. The molecule has 0 atom stereocenters. The van der Waals surface area contributed by atoms with E-state index in [0.29, 0.717) is 31.9 Å². The molecular formula is C18H19ClN4O5S. The normalized spacial score (nSPS) is 15.2. The third-order valence-electron chi connectivity index (χ3n) is 4.61.